The Morgan fingerprint density at radius 1 is 0.702 bits per heavy atom. The van der Waals surface area contributed by atoms with E-state index in [-0.39, 0.29) is 36.9 Å². The van der Waals surface area contributed by atoms with Crippen molar-refractivity contribution in [1.82, 2.24) is 21.3 Å². The highest BCUT2D eigenvalue weighted by atomic mass is 16.6. The molecule has 3 unspecified atom stereocenters. The second-order valence-corrected chi connectivity index (χ2v) is 13.3. The van der Waals surface area contributed by atoms with Gasteiger partial charge in [-0.25, -0.2) is 0 Å². The van der Waals surface area contributed by atoms with Crippen LogP contribution in [0.25, 0.3) is 0 Å². The van der Waals surface area contributed by atoms with Gasteiger partial charge in [-0.1, -0.05) is 88.4 Å². The molecule has 0 aromatic heterocycles. The molecule has 1 heterocycles. The zero-order valence-corrected chi connectivity index (χ0v) is 28.1. The summed E-state index contributed by atoms with van der Waals surface area (Å²) in [7, 11) is 0. The summed E-state index contributed by atoms with van der Waals surface area (Å²) in [5, 5.41) is 20.4. The third-order valence-corrected chi connectivity index (χ3v) is 8.05. The second kappa shape index (κ2) is 17.7. The molecule has 2 aromatic rings. The maximum atomic E-state index is 13.8. The number of amides is 4. The molecule has 2 aromatic carbocycles. The number of nitrogens with one attached hydrogen (secondary N) is 4. The van der Waals surface area contributed by atoms with E-state index in [2.05, 4.69) is 21.3 Å². The molecule has 0 aliphatic carbocycles. The molecule has 256 valence electrons. The summed E-state index contributed by atoms with van der Waals surface area (Å²) in [6.45, 7) is 8.94. The Hall–Kier alpha value is -4.09. The smallest absolute Gasteiger partial charge is 0.246 e. The molecule has 4 amide bonds. The van der Waals surface area contributed by atoms with Gasteiger partial charge in [-0.3, -0.25) is 24.0 Å². The van der Waals surface area contributed by atoms with Gasteiger partial charge in [0.1, 0.15) is 30.3 Å². The predicted molar refractivity (Wildman–Crippen MR) is 178 cm³/mol. The van der Waals surface area contributed by atoms with Crippen molar-refractivity contribution < 1.29 is 33.8 Å². The third kappa shape index (κ3) is 12.2. The highest BCUT2D eigenvalue weighted by molar-refractivity contribution is 5.98. The van der Waals surface area contributed by atoms with Crippen LogP contribution < -0.4 is 21.3 Å². The minimum absolute atomic E-state index is 0.00502. The summed E-state index contributed by atoms with van der Waals surface area (Å²) in [6, 6.07) is 14.8. The van der Waals surface area contributed by atoms with Crippen LogP contribution in [-0.4, -0.2) is 77.5 Å². The van der Waals surface area contributed by atoms with Crippen molar-refractivity contribution in [3.05, 3.63) is 71.8 Å². The monoisotopic (exact) mass is 650 g/mol. The average Bonchev–Trinajstić information content (AvgIpc) is 3.80. The minimum atomic E-state index is -1.05. The van der Waals surface area contributed by atoms with Gasteiger partial charge in [0.2, 0.25) is 23.6 Å². The topological polar surface area (TPSA) is 166 Å². The van der Waals surface area contributed by atoms with E-state index in [1.807, 2.05) is 88.4 Å². The zero-order chi connectivity index (χ0) is 34.6. The van der Waals surface area contributed by atoms with Gasteiger partial charge in [0.25, 0.3) is 0 Å². The molecule has 1 aliphatic heterocycles. The van der Waals surface area contributed by atoms with Crippen molar-refractivity contribution >= 4 is 29.4 Å². The molecule has 47 heavy (non-hydrogen) atoms. The van der Waals surface area contributed by atoms with E-state index in [1.54, 1.807) is 6.92 Å². The van der Waals surface area contributed by atoms with E-state index in [9.17, 15) is 29.1 Å². The van der Waals surface area contributed by atoms with Crippen LogP contribution in [0.15, 0.2) is 60.7 Å². The highest BCUT2D eigenvalue weighted by Gasteiger charge is 2.50. The van der Waals surface area contributed by atoms with Gasteiger partial charge in [0.15, 0.2) is 5.78 Å². The zero-order valence-electron chi connectivity index (χ0n) is 28.1. The Labute approximate surface area is 277 Å². The first-order valence-electron chi connectivity index (χ1n) is 16.4. The Morgan fingerprint density at radius 2 is 1.17 bits per heavy atom. The molecule has 11 nitrogen and oxygen atoms in total. The third-order valence-electron chi connectivity index (χ3n) is 8.05. The summed E-state index contributed by atoms with van der Waals surface area (Å²) >= 11 is 0. The fourth-order valence-electron chi connectivity index (χ4n) is 5.37. The molecule has 5 N–H and O–H groups in total. The van der Waals surface area contributed by atoms with Gasteiger partial charge in [-0.15, -0.1) is 0 Å². The van der Waals surface area contributed by atoms with Crippen LogP contribution in [0.4, 0.5) is 0 Å². The minimum Gasteiger partial charge on any atom is -0.387 e. The van der Waals surface area contributed by atoms with Crippen molar-refractivity contribution in [3.8, 4) is 0 Å². The molecule has 0 bridgehead atoms. The lowest BCUT2D eigenvalue weighted by atomic mass is 9.93. The van der Waals surface area contributed by atoms with Crippen LogP contribution in [0.3, 0.4) is 0 Å². The molecule has 1 fully saturated rings. The summed E-state index contributed by atoms with van der Waals surface area (Å²) < 4.78 is 5.37. The SMILES string of the molecule is CC(C)CC(NC(=O)[C@H](CCc1ccccc1)NC(=O)CO)C(=O)N[C@@H](Cc1ccccc1)C(=O)NC(CC(C)C)C(=O)C1(C)CO1. The molecule has 3 rings (SSSR count). The number of ether oxygens (including phenoxy) is 1. The van der Waals surface area contributed by atoms with Crippen LogP contribution in [0.2, 0.25) is 0 Å². The van der Waals surface area contributed by atoms with E-state index in [4.69, 9.17) is 4.74 Å². The fourth-order valence-corrected chi connectivity index (χ4v) is 5.37. The lowest BCUT2D eigenvalue weighted by Crippen LogP contribution is -2.59. The number of carbonyl (C=O) groups is 5. The Balaban J connectivity index is 1.81. The standard InChI is InChI=1S/C36H50N4O7/c1-23(2)18-28(32(43)36(5)22-47-36)38-35(46)30(20-26-14-10-7-11-15-26)40-34(45)29(19-24(3)4)39-33(44)27(37-31(42)21-41)17-16-25-12-8-6-9-13-25/h6-15,23-24,27-30,41H,16-22H2,1-5H3,(H,37,42)(H,38,46)(H,39,44)(H,40,45)/t27-,28?,29?,30-,36?/m0/s1. The van der Waals surface area contributed by atoms with Crippen LogP contribution in [0, 0.1) is 11.8 Å². The number of benzene rings is 2. The van der Waals surface area contributed by atoms with Crippen molar-refractivity contribution in [2.75, 3.05) is 13.2 Å². The molecule has 1 saturated heterocycles. The van der Waals surface area contributed by atoms with Crippen LogP contribution in [0.1, 0.15) is 65.0 Å². The van der Waals surface area contributed by atoms with E-state index in [1.165, 1.54) is 0 Å². The van der Waals surface area contributed by atoms with Crippen molar-refractivity contribution in [1.29, 1.82) is 0 Å². The number of hydrogen-bond donors (Lipinski definition) is 5. The van der Waals surface area contributed by atoms with Crippen LogP contribution in [0.5, 0.6) is 0 Å². The molecule has 1 aliphatic rings. The maximum Gasteiger partial charge on any atom is 0.246 e. The number of carbonyl (C=O) groups excluding carboxylic acids is 5. The van der Waals surface area contributed by atoms with Gasteiger partial charge >= 0.3 is 0 Å². The van der Waals surface area contributed by atoms with E-state index < -0.39 is 60.0 Å². The molecule has 11 heteroatoms. The first-order chi connectivity index (χ1) is 22.3. The lowest BCUT2D eigenvalue weighted by molar-refractivity contribution is -0.135. The molecular weight excluding hydrogens is 600 g/mol. The molecule has 5 atom stereocenters. The average molecular weight is 651 g/mol. The number of aliphatic hydroxyl groups excluding tert-OH is 1. The van der Waals surface area contributed by atoms with Gasteiger partial charge in [0, 0.05) is 6.42 Å². The maximum absolute atomic E-state index is 13.8. The predicted octanol–water partition coefficient (Wildman–Crippen LogP) is 2.24. The van der Waals surface area contributed by atoms with Crippen molar-refractivity contribution in [2.45, 2.75) is 96.5 Å². The quantitative estimate of drug-likeness (QED) is 0.146. The molecule has 0 radical (unpaired) electrons. The van der Waals surface area contributed by atoms with Gasteiger partial charge in [0.05, 0.1) is 12.6 Å². The fraction of sp³-hybridized carbons (Fsp3) is 0.528. The Kier molecular flexibility index (Phi) is 14.1. The van der Waals surface area contributed by atoms with E-state index in [0.29, 0.717) is 19.4 Å². The normalized spacial score (nSPS) is 18.0. The summed E-state index contributed by atoms with van der Waals surface area (Å²) in [5.74, 6) is -2.47. The second-order valence-electron chi connectivity index (χ2n) is 13.3. The number of hydrogen-bond acceptors (Lipinski definition) is 7. The molecule has 0 spiro atoms. The molecular formula is C36H50N4O7. The van der Waals surface area contributed by atoms with Gasteiger partial charge in [-0.05, 0) is 55.6 Å². The first kappa shape index (κ1) is 37.4. The number of rotatable bonds is 19. The van der Waals surface area contributed by atoms with Crippen molar-refractivity contribution in [3.63, 3.8) is 0 Å². The Morgan fingerprint density at radius 3 is 1.70 bits per heavy atom. The summed E-state index contributed by atoms with van der Waals surface area (Å²) in [5.41, 5.74) is 0.834. The van der Waals surface area contributed by atoms with Gasteiger partial charge < -0.3 is 31.1 Å². The molecule has 0 saturated carbocycles. The van der Waals surface area contributed by atoms with E-state index in [0.717, 1.165) is 11.1 Å². The van der Waals surface area contributed by atoms with Crippen LogP contribution >= 0.6 is 0 Å². The van der Waals surface area contributed by atoms with Crippen LogP contribution in [-0.2, 0) is 41.6 Å². The van der Waals surface area contributed by atoms with E-state index >= 15 is 0 Å². The lowest BCUT2D eigenvalue weighted by Gasteiger charge is -2.28. The Bertz CT molecular complexity index is 1350. The number of ketones is 1. The number of aryl methyl sites for hydroxylation is 1. The number of Topliss-reactive ketones (excluding diaryl/α,β-unsaturated/α-hetero) is 1. The largest absolute Gasteiger partial charge is 0.387 e. The number of epoxide rings is 1. The number of aliphatic hydroxyl groups is 1. The highest BCUT2D eigenvalue weighted by Crippen LogP contribution is 2.29. The van der Waals surface area contributed by atoms with Gasteiger partial charge in [-0.2, -0.15) is 0 Å². The summed E-state index contributed by atoms with van der Waals surface area (Å²) in [6.07, 6.45) is 1.55. The first-order valence-corrected chi connectivity index (χ1v) is 16.4. The summed E-state index contributed by atoms with van der Waals surface area (Å²) in [4.78, 5) is 66.5. The van der Waals surface area contributed by atoms with Crippen molar-refractivity contribution in [2.24, 2.45) is 11.8 Å².